The fourth-order valence-electron chi connectivity index (χ4n) is 3.11. The van der Waals surface area contributed by atoms with E-state index in [1.54, 1.807) is 24.3 Å². The minimum atomic E-state index is -0.405. The molecule has 2 aromatic rings. The highest BCUT2D eigenvalue weighted by Gasteiger charge is 2.23. The standard InChI is InChI=1S/C20H23N3O4/c1-15(2)27-19-5-3-4-16(14-19)20(24)22-12-10-21(11-13-22)17-6-8-18(9-7-17)23(25)26/h3-9,14-15H,10-13H2,1-2H3. The van der Waals surface area contributed by atoms with Gasteiger partial charge in [-0.05, 0) is 44.2 Å². The molecular formula is C20H23N3O4. The van der Waals surface area contributed by atoms with Gasteiger partial charge in [-0.25, -0.2) is 0 Å². The van der Waals surface area contributed by atoms with Gasteiger partial charge in [-0.2, -0.15) is 0 Å². The number of amides is 1. The fraction of sp³-hybridized carbons (Fsp3) is 0.350. The van der Waals surface area contributed by atoms with Gasteiger partial charge in [0.15, 0.2) is 0 Å². The second-order valence-corrected chi connectivity index (χ2v) is 6.75. The summed E-state index contributed by atoms with van der Waals surface area (Å²) < 4.78 is 5.67. The predicted octanol–water partition coefficient (Wildman–Crippen LogP) is 3.34. The minimum absolute atomic E-state index is 0.00689. The molecule has 1 aliphatic heterocycles. The van der Waals surface area contributed by atoms with E-state index in [1.807, 2.05) is 30.9 Å². The maximum atomic E-state index is 12.8. The average Bonchev–Trinajstić information content (AvgIpc) is 2.67. The lowest BCUT2D eigenvalue weighted by Gasteiger charge is -2.36. The van der Waals surface area contributed by atoms with Crippen molar-refractivity contribution in [2.24, 2.45) is 0 Å². The quantitative estimate of drug-likeness (QED) is 0.597. The Hall–Kier alpha value is -3.09. The Morgan fingerprint density at radius 3 is 2.33 bits per heavy atom. The monoisotopic (exact) mass is 369 g/mol. The van der Waals surface area contributed by atoms with Crippen molar-refractivity contribution in [3.8, 4) is 5.75 Å². The first-order valence-electron chi connectivity index (χ1n) is 8.99. The molecule has 0 aromatic heterocycles. The molecule has 0 bridgehead atoms. The predicted molar refractivity (Wildman–Crippen MR) is 103 cm³/mol. The average molecular weight is 369 g/mol. The normalized spacial score (nSPS) is 14.3. The second-order valence-electron chi connectivity index (χ2n) is 6.75. The minimum Gasteiger partial charge on any atom is -0.491 e. The van der Waals surface area contributed by atoms with E-state index in [1.165, 1.54) is 12.1 Å². The molecule has 2 aromatic carbocycles. The van der Waals surface area contributed by atoms with E-state index in [0.29, 0.717) is 37.5 Å². The first kappa shape index (κ1) is 18.7. The number of rotatable bonds is 5. The Bertz CT molecular complexity index is 812. The molecule has 1 amide bonds. The van der Waals surface area contributed by atoms with Crippen LogP contribution >= 0.6 is 0 Å². The number of hydrogen-bond acceptors (Lipinski definition) is 5. The molecule has 0 unspecified atom stereocenters. The zero-order valence-electron chi connectivity index (χ0n) is 15.5. The maximum Gasteiger partial charge on any atom is 0.269 e. The molecule has 0 aliphatic carbocycles. The van der Waals surface area contributed by atoms with Crippen molar-refractivity contribution in [3.05, 3.63) is 64.2 Å². The highest BCUT2D eigenvalue weighted by Crippen LogP contribution is 2.22. The lowest BCUT2D eigenvalue weighted by molar-refractivity contribution is -0.384. The molecule has 0 spiro atoms. The van der Waals surface area contributed by atoms with Gasteiger partial charge in [0.25, 0.3) is 11.6 Å². The molecule has 1 fully saturated rings. The highest BCUT2D eigenvalue weighted by atomic mass is 16.6. The number of anilines is 1. The largest absolute Gasteiger partial charge is 0.491 e. The SMILES string of the molecule is CC(C)Oc1cccc(C(=O)N2CCN(c3ccc([N+](=O)[O-])cc3)CC2)c1. The number of ether oxygens (including phenoxy) is 1. The molecule has 0 saturated carbocycles. The van der Waals surface area contributed by atoms with Crippen molar-refractivity contribution in [2.45, 2.75) is 20.0 Å². The number of piperazine rings is 1. The number of nitro groups is 1. The van der Waals surface area contributed by atoms with Crippen LogP contribution in [0.2, 0.25) is 0 Å². The van der Waals surface area contributed by atoms with Crippen molar-refractivity contribution in [1.82, 2.24) is 4.90 Å². The van der Waals surface area contributed by atoms with Gasteiger partial charge < -0.3 is 14.5 Å². The number of carbonyl (C=O) groups is 1. The Morgan fingerprint density at radius 1 is 1.07 bits per heavy atom. The molecule has 1 saturated heterocycles. The molecule has 1 heterocycles. The number of nitro benzene ring substituents is 1. The molecule has 7 heteroatoms. The van der Waals surface area contributed by atoms with Gasteiger partial charge in [0, 0.05) is 49.6 Å². The number of benzene rings is 2. The van der Waals surface area contributed by atoms with E-state index in [4.69, 9.17) is 4.74 Å². The molecule has 1 aliphatic rings. The van der Waals surface area contributed by atoms with Crippen molar-refractivity contribution < 1.29 is 14.5 Å². The van der Waals surface area contributed by atoms with Crippen molar-refractivity contribution >= 4 is 17.3 Å². The lowest BCUT2D eigenvalue weighted by Crippen LogP contribution is -2.48. The van der Waals surface area contributed by atoms with E-state index in [2.05, 4.69) is 4.90 Å². The summed E-state index contributed by atoms with van der Waals surface area (Å²) >= 11 is 0. The van der Waals surface area contributed by atoms with Crippen LogP contribution in [0.3, 0.4) is 0 Å². The second kappa shape index (κ2) is 8.07. The number of nitrogens with zero attached hydrogens (tertiary/aromatic N) is 3. The lowest BCUT2D eigenvalue weighted by atomic mass is 10.1. The van der Waals surface area contributed by atoms with Gasteiger partial charge in [0.05, 0.1) is 11.0 Å². The van der Waals surface area contributed by atoms with E-state index < -0.39 is 4.92 Å². The van der Waals surface area contributed by atoms with E-state index in [-0.39, 0.29) is 17.7 Å². The Balaban J connectivity index is 1.61. The summed E-state index contributed by atoms with van der Waals surface area (Å²) in [5.74, 6) is 0.688. The Labute approximate surface area is 158 Å². The van der Waals surface area contributed by atoms with Gasteiger partial charge >= 0.3 is 0 Å². The van der Waals surface area contributed by atoms with Crippen LogP contribution in [0.15, 0.2) is 48.5 Å². The van der Waals surface area contributed by atoms with Crippen LogP contribution in [0.5, 0.6) is 5.75 Å². The number of hydrogen-bond donors (Lipinski definition) is 0. The zero-order valence-corrected chi connectivity index (χ0v) is 15.5. The van der Waals surface area contributed by atoms with E-state index in [9.17, 15) is 14.9 Å². The molecule has 142 valence electrons. The molecule has 0 atom stereocenters. The summed E-state index contributed by atoms with van der Waals surface area (Å²) in [6, 6.07) is 13.8. The first-order chi connectivity index (χ1) is 12.9. The van der Waals surface area contributed by atoms with Crippen LogP contribution in [-0.2, 0) is 0 Å². The summed E-state index contributed by atoms with van der Waals surface area (Å²) in [6.07, 6.45) is 0.0561. The molecular weight excluding hydrogens is 346 g/mol. The van der Waals surface area contributed by atoms with Gasteiger partial charge in [-0.3, -0.25) is 14.9 Å². The fourth-order valence-corrected chi connectivity index (χ4v) is 3.11. The number of non-ortho nitro benzene ring substituents is 1. The number of carbonyl (C=O) groups excluding carboxylic acids is 1. The van der Waals surface area contributed by atoms with Crippen LogP contribution in [0.25, 0.3) is 0 Å². The Morgan fingerprint density at radius 2 is 1.74 bits per heavy atom. The summed E-state index contributed by atoms with van der Waals surface area (Å²) in [4.78, 5) is 27.1. The zero-order chi connectivity index (χ0) is 19.4. The van der Waals surface area contributed by atoms with Gasteiger partial charge in [0.1, 0.15) is 5.75 Å². The highest BCUT2D eigenvalue weighted by molar-refractivity contribution is 5.94. The van der Waals surface area contributed by atoms with Crippen LogP contribution in [0.1, 0.15) is 24.2 Å². The van der Waals surface area contributed by atoms with Crippen LogP contribution in [-0.4, -0.2) is 48.0 Å². The van der Waals surface area contributed by atoms with Gasteiger partial charge in [-0.15, -0.1) is 0 Å². The van der Waals surface area contributed by atoms with Crippen molar-refractivity contribution in [3.63, 3.8) is 0 Å². The maximum absolute atomic E-state index is 12.8. The molecule has 0 radical (unpaired) electrons. The van der Waals surface area contributed by atoms with Crippen molar-refractivity contribution in [1.29, 1.82) is 0 Å². The summed E-state index contributed by atoms with van der Waals surface area (Å²) in [6.45, 7) is 6.48. The first-order valence-corrected chi connectivity index (χ1v) is 8.99. The van der Waals surface area contributed by atoms with Crippen LogP contribution in [0, 0.1) is 10.1 Å². The Kier molecular flexibility index (Phi) is 5.59. The topological polar surface area (TPSA) is 75.9 Å². The van der Waals surface area contributed by atoms with Crippen LogP contribution in [0.4, 0.5) is 11.4 Å². The van der Waals surface area contributed by atoms with E-state index >= 15 is 0 Å². The third kappa shape index (κ3) is 4.55. The molecule has 7 nitrogen and oxygen atoms in total. The van der Waals surface area contributed by atoms with Gasteiger partial charge in [0.2, 0.25) is 0 Å². The molecule has 3 rings (SSSR count). The van der Waals surface area contributed by atoms with Crippen molar-refractivity contribution in [2.75, 3.05) is 31.1 Å². The third-order valence-electron chi connectivity index (χ3n) is 4.45. The van der Waals surface area contributed by atoms with E-state index in [0.717, 1.165) is 5.69 Å². The molecule has 0 N–H and O–H groups in total. The summed E-state index contributed by atoms with van der Waals surface area (Å²) in [5, 5.41) is 10.8. The smallest absolute Gasteiger partial charge is 0.269 e. The third-order valence-corrected chi connectivity index (χ3v) is 4.45. The summed E-state index contributed by atoms with van der Waals surface area (Å²) in [7, 11) is 0. The van der Waals surface area contributed by atoms with Crippen LogP contribution < -0.4 is 9.64 Å². The summed E-state index contributed by atoms with van der Waals surface area (Å²) in [5.41, 5.74) is 1.63. The molecule has 27 heavy (non-hydrogen) atoms. The van der Waals surface area contributed by atoms with Gasteiger partial charge in [-0.1, -0.05) is 6.07 Å².